The molecule has 6 nitrogen and oxygen atoms in total. The number of rotatable bonds is 5. The van der Waals surface area contributed by atoms with Gasteiger partial charge in [0.05, 0.1) is 24.5 Å². The Morgan fingerprint density at radius 3 is 2.39 bits per heavy atom. The Morgan fingerprint density at radius 1 is 1.03 bits per heavy atom. The zero-order valence-corrected chi connectivity index (χ0v) is 18.4. The summed E-state index contributed by atoms with van der Waals surface area (Å²) in [6.45, 7) is 5.65. The molecule has 2 aromatic carbocycles. The minimum atomic E-state index is -4.54. The van der Waals surface area contributed by atoms with Gasteiger partial charge in [-0.05, 0) is 68.8 Å². The maximum Gasteiger partial charge on any atom is 0.416 e. The molecule has 0 bridgehead atoms. The van der Waals surface area contributed by atoms with Gasteiger partial charge in [-0.25, -0.2) is 10.2 Å². The highest BCUT2D eigenvalue weighted by atomic mass is 19.4. The normalized spacial score (nSPS) is 11.6. The molecule has 0 radical (unpaired) electrons. The van der Waals surface area contributed by atoms with Gasteiger partial charge in [-0.15, -0.1) is 0 Å². The van der Waals surface area contributed by atoms with Crippen LogP contribution in [0.3, 0.4) is 0 Å². The number of benzene rings is 2. The van der Waals surface area contributed by atoms with Crippen molar-refractivity contribution in [3.63, 3.8) is 0 Å². The molecule has 0 unspecified atom stereocenters. The summed E-state index contributed by atoms with van der Waals surface area (Å²) >= 11 is 0. The van der Waals surface area contributed by atoms with Crippen LogP contribution in [-0.4, -0.2) is 29.8 Å². The molecule has 3 aromatic rings. The first-order valence-corrected chi connectivity index (χ1v) is 9.92. The second-order valence-corrected chi connectivity index (χ2v) is 7.43. The molecule has 1 N–H and O–H groups in total. The average molecular weight is 457 g/mol. The first kappa shape index (κ1) is 23.8. The lowest BCUT2D eigenvalue weighted by Crippen LogP contribution is -2.18. The van der Waals surface area contributed by atoms with Crippen LogP contribution in [0.4, 0.5) is 13.2 Å². The zero-order chi connectivity index (χ0) is 24.3. The third kappa shape index (κ3) is 5.14. The number of halogens is 3. The summed E-state index contributed by atoms with van der Waals surface area (Å²) in [6, 6.07) is 11.2. The topological polar surface area (TPSA) is 72.7 Å². The van der Waals surface area contributed by atoms with Crippen LogP contribution in [0.15, 0.2) is 53.6 Å². The van der Waals surface area contributed by atoms with Crippen molar-refractivity contribution in [2.24, 2.45) is 5.10 Å². The van der Waals surface area contributed by atoms with Gasteiger partial charge in [0.15, 0.2) is 0 Å². The summed E-state index contributed by atoms with van der Waals surface area (Å²) in [7, 11) is 1.32. The first-order chi connectivity index (χ1) is 15.5. The second kappa shape index (κ2) is 9.32. The Balaban J connectivity index is 1.81. The monoisotopic (exact) mass is 457 g/mol. The van der Waals surface area contributed by atoms with Gasteiger partial charge in [-0.1, -0.05) is 6.07 Å². The lowest BCUT2D eigenvalue weighted by atomic mass is 10.1. The minimum Gasteiger partial charge on any atom is -0.465 e. The van der Waals surface area contributed by atoms with E-state index in [4.69, 9.17) is 4.74 Å². The van der Waals surface area contributed by atoms with E-state index in [2.05, 4.69) is 10.5 Å². The van der Waals surface area contributed by atoms with Gasteiger partial charge in [0.2, 0.25) is 0 Å². The van der Waals surface area contributed by atoms with Crippen molar-refractivity contribution in [3.8, 4) is 5.69 Å². The lowest BCUT2D eigenvalue weighted by Gasteiger charge is -2.13. The second-order valence-electron chi connectivity index (χ2n) is 7.43. The fourth-order valence-electron chi connectivity index (χ4n) is 3.50. The number of methoxy groups -OCH3 is 1. The summed E-state index contributed by atoms with van der Waals surface area (Å²) in [6.07, 6.45) is -3.10. The lowest BCUT2D eigenvalue weighted by molar-refractivity contribution is -0.137. The van der Waals surface area contributed by atoms with Crippen molar-refractivity contribution in [2.45, 2.75) is 26.9 Å². The van der Waals surface area contributed by atoms with Crippen LogP contribution in [0, 0.1) is 20.8 Å². The highest BCUT2D eigenvalue weighted by molar-refractivity contribution is 5.95. The third-order valence-electron chi connectivity index (χ3n) is 5.15. The SMILES string of the molecule is COC(=O)c1ccc(-n2c(C)cc(/C=N\NC(=O)c3cccc(C(F)(F)F)c3)c2C)c(C)c1. The molecule has 9 heteroatoms. The number of aromatic nitrogens is 1. The largest absolute Gasteiger partial charge is 0.465 e. The van der Waals surface area contributed by atoms with Crippen LogP contribution in [-0.2, 0) is 10.9 Å². The van der Waals surface area contributed by atoms with E-state index in [-0.39, 0.29) is 5.56 Å². The molecule has 0 spiro atoms. The number of ether oxygens (including phenoxy) is 1. The van der Waals surface area contributed by atoms with Crippen molar-refractivity contribution in [1.29, 1.82) is 0 Å². The van der Waals surface area contributed by atoms with Crippen molar-refractivity contribution in [1.82, 2.24) is 9.99 Å². The molecular formula is C24H22F3N3O3. The van der Waals surface area contributed by atoms with E-state index in [1.165, 1.54) is 25.5 Å². The molecule has 0 saturated heterocycles. The summed E-state index contributed by atoms with van der Waals surface area (Å²) in [4.78, 5) is 24.0. The molecule has 0 atom stereocenters. The number of nitrogens with zero attached hydrogens (tertiary/aromatic N) is 2. The van der Waals surface area contributed by atoms with Crippen LogP contribution in [0.25, 0.3) is 5.69 Å². The van der Waals surface area contributed by atoms with Crippen molar-refractivity contribution < 1.29 is 27.5 Å². The maximum absolute atomic E-state index is 12.9. The fourth-order valence-corrected chi connectivity index (χ4v) is 3.50. The Morgan fingerprint density at radius 2 is 1.76 bits per heavy atom. The first-order valence-electron chi connectivity index (χ1n) is 9.92. The van der Waals surface area contributed by atoms with E-state index in [1.807, 2.05) is 37.5 Å². The summed E-state index contributed by atoms with van der Waals surface area (Å²) < 4.78 is 45.3. The van der Waals surface area contributed by atoms with Gasteiger partial charge in [-0.3, -0.25) is 4.79 Å². The average Bonchev–Trinajstić information content (AvgIpc) is 3.05. The molecule has 33 heavy (non-hydrogen) atoms. The molecule has 0 aliphatic rings. The third-order valence-corrected chi connectivity index (χ3v) is 5.15. The van der Waals surface area contributed by atoms with E-state index in [0.29, 0.717) is 11.1 Å². The molecule has 1 heterocycles. The smallest absolute Gasteiger partial charge is 0.416 e. The molecule has 0 aliphatic heterocycles. The Bertz CT molecular complexity index is 1240. The van der Waals surface area contributed by atoms with Crippen LogP contribution in [0.1, 0.15) is 48.8 Å². The van der Waals surface area contributed by atoms with Gasteiger partial charge in [-0.2, -0.15) is 18.3 Å². The molecule has 0 saturated carbocycles. The standard InChI is InChI=1S/C24H22F3N3O3/c1-14-10-18(23(32)33-4)8-9-21(14)30-15(2)11-19(16(30)3)13-28-29-22(31)17-6-5-7-20(12-17)24(25,26)27/h5-13H,1-4H3,(H,29,31)/b28-13-. The van der Waals surface area contributed by atoms with Crippen LogP contribution >= 0.6 is 0 Å². The molecule has 0 aliphatic carbocycles. The van der Waals surface area contributed by atoms with E-state index < -0.39 is 23.6 Å². The van der Waals surface area contributed by atoms with E-state index >= 15 is 0 Å². The summed E-state index contributed by atoms with van der Waals surface area (Å²) in [5.74, 6) is -1.17. The Kier molecular flexibility index (Phi) is 6.71. The highest BCUT2D eigenvalue weighted by Crippen LogP contribution is 2.29. The van der Waals surface area contributed by atoms with Gasteiger partial charge in [0, 0.05) is 28.2 Å². The predicted octanol–water partition coefficient (Wildman–Crippen LogP) is 4.97. The summed E-state index contributed by atoms with van der Waals surface area (Å²) in [5, 5.41) is 3.91. The number of esters is 1. The molecule has 1 amide bonds. The summed E-state index contributed by atoms with van der Waals surface area (Å²) in [5.41, 5.74) is 5.83. The number of carbonyl (C=O) groups is 2. The van der Waals surface area contributed by atoms with Gasteiger partial charge in [0.25, 0.3) is 5.91 Å². The highest BCUT2D eigenvalue weighted by Gasteiger charge is 2.30. The number of hydrogen-bond acceptors (Lipinski definition) is 4. The van der Waals surface area contributed by atoms with Crippen molar-refractivity contribution in [2.75, 3.05) is 7.11 Å². The van der Waals surface area contributed by atoms with E-state index in [1.54, 1.807) is 12.1 Å². The van der Waals surface area contributed by atoms with Crippen LogP contribution in [0.2, 0.25) is 0 Å². The molecule has 3 rings (SSSR count). The Hall–Kier alpha value is -3.88. The number of aryl methyl sites for hydroxylation is 2. The fraction of sp³-hybridized carbons (Fsp3) is 0.208. The Labute approximate surface area is 188 Å². The predicted molar refractivity (Wildman–Crippen MR) is 118 cm³/mol. The molecule has 1 aromatic heterocycles. The number of nitrogens with one attached hydrogen (secondary N) is 1. The number of hydrogen-bond donors (Lipinski definition) is 1. The zero-order valence-electron chi connectivity index (χ0n) is 18.4. The number of carbonyl (C=O) groups excluding carboxylic acids is 2. The number of hydrazone groups is 1. The van der Waals surface area contributed by atoms with Crippen molar-refractivity contribution in [3.05, 3.63) is 87.7 Å². The van der Waals surface area contributed by atoms with E-state index in [9.17, 15) is 22.8 Å². The van der Waals surface area contributed by atoms with Crippen LogP contribution < -0.4 is 5.43 Å². The van der Waals surface area contributed by atoms with Crippen molar-refractivity contribution >= 4 is 18.1 Å². The van der Waals surface area contributed by atoms with Gasteiger partial charge in [0.1, 0.15) is 0 Å². The molecule has 172 valence electrons. The number of alkyl halides is 3. The van der Waals surface area contributed by atoms with Gasteiger partial charge < -0.3 is 9.30 Å². The quantitative estimate of drug-likeness (QED) is 0.334. The minimum absolute atomic E-state index is 0.145. The van der Waals surface area contributed by atoms with Gasteiger partial charge >= 0.3 is 12.1 Å². The van der Waals surface area contributed by atoms with E-state index in [0.717, 1.165) is 34.8 Å². The molecule has 0 fully saturated rings. The molecular weight excluding hydrogens is 435 g/mol. The van der Waals surface area contributed by atoms with Crippen LogP contribution in [0.5, 0.6) is 0 Å². The number of amides is 1. The maximum atomic E-state index is 12.9.